The molecule has 0 spiro atoms. The first-order valence-electron chi connectivity index (χ1n) is 5.78. The van der Waals surface area contributed by atoms with Crippen LogP contribution >= 0.6 is 0 Å². The first-order chi connectivity index (χ1) is 7.97. The van der Waals surface area contributed by atoms with E-state index in [0.717, 1.165) is 17.2 Å². The number of benzene rings is 2. The number of hydrogen-bond donors (Lipinski definition) is 1. The summed E-state index contributed by atoms with van der Waals surface area (Å²) in [6.07, 6.45) is 1.11. The highest BCUT2D eigenvalue weighted by molar-refractivity contribution is 5.95. The van der Waals surface area contributed by atoms with Gasteiger partial charge in [-0.05, 0) is 45.9 Å². The van der Waals surface area contributed by atoms with Gasteiger partial charge in [-0.15, -0.1) is 0 Å². The number of carboxylic acids is 1. The zero-order chi connectivity index (χ0) is 12.2. The third-order valence-corrected chi connectivity index (χ3v) is 3.67. The minimum Gasteiger partial charge on any atom is -0.478 e. The fraction of sp³-hybridized carbons (Fsp3) is 0.267. The highest BCUT2D eigenvalue weighted by Gasteiger charge is 2.33. The fourth-order valence-corrected chi connectivity index (χ4v) is 2.72. The van der Waals surface area contributed by atoms with Crippen LogP contribution in [0.5, 0.6) is 0 Å². The van der Waals surface area contributed by atoms with Gasteiger partial charge in [-0.25, -0.2) is 4.79 Å². The van der Waals surface area contributed by atoms with E-state index < -0.39 is 5.97 Å². The molecule has 2 aromatic rings. The molecule has 0 aromatic heterocycles. The normalized spacial score (nSPS) is 16.4. The van der Waals surface area contributed by atoms with Crippen LogP contribution in [0.25, 0.3) is 10.8 Å². The lowest BCUT2D eigenvalue weighted by atomic mass is 9.66. The number of hydrogen-bond acceptors (Lipinski definition) is 1. The fourth-order valence-electron chi connectivity index (χ4n) is 2.72. The second-order valence-electron chi connectivity index (χ2n) is 5.44. The van der Waals surface area contributed by atoms with Crippen molar-refractivity contribution in [3.8, 4) is 0 Å². The minimum atomic E-state index is -0.867. The van der Waals surface area contributed by atoms with Gasteiger partial charge >= 0.3 is 5.97 Å². The molecule has 0 aliphatic heterocycles. The van der Waals surface area contributed by atoms with Gasteiger partial charge in [0.25, 0.3) is 0 Å². The Balaban J connectivity index is 2.23. The van der Waals surface area contributed by atoms with Gasteiger partial charge in [-0.1, -0.05) is 32.0 Å². The van der Waals surface area contributed by atoms with Gasteiger partial charge in [0.15, 0.2) is 0 Å². The van der Waals surface area contributed by atoms with E-state index in [1.54, 1.807) is 12.1 Å². The molecule has 17 heavy (non-hydrogen) atoms. The van der Waals surface area contributed by atoms with E-state index in [4.69, 9.17) is 5.11 Å². The quantitative estimate of drug-likeness (QED) is 0.809. The molecule has 1 aliphatic rings. The molecule has 2 heteroatoms. The SMILES string of the molecule is CC1(C)Cc2cc3ccc(C(=O)O)cc3cc21. The van der Waals surface area contributed by atoms with Gasteiger partial charge in [0, 0.05) is 0 Å². The Hall–Kier alpha value is -1.83. The molecule has 0 atom stereocenters. The lowest BCUT2D eigenvalue weighted by Crippen LogP contribution is -2.32. The zero-order valence-electron chi connectivity index (χ0n) is 9.95. The summed E-state index contributed by atoms with van der Waals surface area (Å²) in [5.74, 6) is -0.867. The summed E-state index contributed by atoms with van der Waals surface area (Å²) in [6, 6.07) is 9.64. The Morgan fingerprint density at radius 2 is 1.94 bits per heavy atom. The minimum absolute atomic E-state index is 0.239. The molecular weight excluding hydrogens is 212 g/mol. The lowest BCUT2D eigenvalue weighted by molar-refractivity contribution is 0.0697. The van der Waals surface area contributed by atoms with Crippen molar-refractivity contribution in [2.45, 2.75) is 25.7 Å². The van der Waals surface area contributed by atoms with Crippen molar-refractivity contribution in [2.24, 2.45) is 0 Å². The van der Waals surface area contributed by atoms with Gasteiger partial charge in [0.05, 0.1) is 5.56 Å². The van der Waals surface area contributed by atoms with Crippen LogP contribution < -0.4 is 0 Å². The molecule has 1 N–H and O–H groups in total. The largest absolute Gasteiger partial charge is 0.478 e. The lowest BCUT2D eigenvalue weighted by Gasteiger charge is -2.38. The highest BCUT2D eigenvalue weighted by Crippen LogP contribution is 2.42. The van der Waals surface area contributed by atoms with Gasteiger partial charge in [0.1, 0.15) is 0 Å². The molecule has 0 unspecified atom stereocenters. The van der Waals surface area contributed by atoms with Crippen LogP contribution in [0.3, 0.4) is 0 Å². The van der Waals surface area contributed by atoms with Crippen molar-refractivity contribution >= 4 is 16.7 Å². The maximum atomic E-state index is 10.9. The highest BCUT2D eigenvalue weighted by atomic mass is 16.4. The molecule has 2 aromatic carbocycles. The third-order valence-electron chi connectivity index (χ3n) is 3.67. The molecule has 0 saturated heterocycles. The van der Waals surface area contributed by atoms with Crippen LogP contribution in [0.2, 0.25) is 0 Å². The Bertz CT molecular complexity index is 639. The summed E-state index contributed by atoms with van der Waals surface area (Å²) >= 11 is 0. The van der Waals surface area contributed by atoms with Crippen molar-refractivity contribution in [3.05, 3.63) is 47.0 Å². The summed E-state index contributed by atoms with van der Waals surface area (Å²) in [5, 5.41) is 11.1. The number of fused-ring (bicyclic) bond motifs is 2. The Morgan fingerprint density at radius 3 is 2.59 bits per heavy atom. The number of carbonyl (C=O) groups is 1. The average molecular weight is 226 g/mol. The summed E-state index contributed by atoms with van der Waals surface area (Å²) in [5.41, 5.74) is 3.34. The summed E-state index contributed by atoms with van der Waals surface area (Å²) in [6.45, 7) is 4.45. The first kappa shape index (κ1) is 10.3. The van der Waals surface area contributed by atoms with E-state index in [2.05, 4.69) is 26.0 Å². The summed E-state index contributed by atoms with van der Waals surface area (Å²) < 4.78 is 0. The maximum absolute atomic E-state index is 10.9. The topological polar surface area (TPSA) is 37.3 Å². The Morgan fingerprint density at radius 1 is 1.18 bits per heavy atom. The molecule has 3 rings (SSSR count). The van der Waals surface area contributed by atoms with Crippen molar-refractivity contribution < 1.29 is 9.90 Å². The van der Waals surface area contributed by atoms with Gasteiger partial charge in [-0.2, -0.15) is 0 Å². The smallest absolute Gasteiger partial charge is 0.335 e. The predicted octanol–water partition coefficient (Wildman–Crippen LogP) is 3.37. The maximum Gasteiger partial charge on any atom is 0.335 e. The van der Waals surface area contributed by atoms with E-state index in [0.29, 0.717) is 5.56 Å². The first-order valence-corrected chi connectivity index (χ1v) is 5.78. The molecule has 0 amide bonds. The van der Waals surface area contributed by atoms with Crippen molar-refractivity contribution in [1.29, 1.82) is 0 Å². The van der Waals surface area contributed by atoms with Crippen molar-refractivity contribution in [3.63, 3.8) is 0 Å². The van der Waals surface area contributed by atoms with Gasteiger partial charge in [0.2, 0.25) is 0 Å². The van der Waals surface area contributed by atoms with E-state index in [1.807, 2.05) is 6.07 Å². The molecule has 0 fully saturated rings. The van der Waals surface area contributed by atoms with E-state index in [9.17, 15) is 4.79 Å². The summed E-state index contributed by atoms with van der Waals surface area (Å²) in [7, 11) is 0. The molecule has 2 nitrogen and oxygen atoms in total. The average Bonchev–Trinajstić information content (AvgIpc) is 2.26. The van der Waals surface area contributed by atoms with E-state index in [-0.39, 0.29) is 5.41 Å². The third kappa shape index (κ3) is 1.44. The number of rotatable bonds is 1. The van der Waals surface area contributed by atoms with Crippen LogP contribution in [0.15, 0.2) is 30.3 Å². The van der Waals surface area contributed by atoms with E-state index >= 15 is 0 Å². The molecule has 0 heterocycles. The molecule has 0 radical (unpaired) electrons. The Kier molecular flexibility index (Phi) is 1.88. The van der Waals surface area contributed by atoms with Crippen molar-refractivity contribution in [1.82, 2.24) is 0 Å². The monoisotopic (exact) mass is 226 g/mol. The van der Waals surface area contributed by atoms with Crippen LogP contribution in [0.4, 0.5) is 0 Å². The van der Waals surface area contributed by atoms with Crippen LogP contribution in [0, 0.1) is 0 Å². The number of carboxylic acid groups (broad SMARTS) is 1. The van der Waals surface area contributed by atoms with Crippen LogP contribution in [-0.2, 0) is 11.8 Å². The molecule has 1 aliphatic carbocycles. The molecular formula is C15H14O2. The van der Waals surface area contributed by atoms with Gasteiger partial charge < -0.3 is 5.11 Å². The van der Waals surface area contributed by atoms with Gasteiger partial charge in [-0.3, -0.25) is 0 Å². The Labute approximate surface area is 99.9 Å². The van der Waals surface area contributed by atoms with E-state index in [1.165, 1.54) is 11.1 Å². The van der Waals surface area contributed by atoms with Crippen molar-refractivity contribution in [2.75, 3.05) is 0 Å². The second kappa shape index (κ2) is 3.10. The second-order valence-corrected chi connectivity index (χ2v) is 5.44. The summed E-state index contributed by atoms with van der Waals surface area (Å²) in [4.78, 5) is 10.9. The molecule has 0 bridgehead atoms. The number of aromatic carboxylic acids is 1. The standard InChI is InChI=1S/C15H14O2/c1-15(2)8-12-5-9-3-4-10(14(16)17)6-11(9)7-13(12)15/h3-7H,8H2,1-2H3,(H,16,17). The molecule has 0 saturated carbocycles. The van der Waals surface area contributed by atoms with Crippen LogP contribution in [0.1, 0.15) is 35.3 Å². The predicted molar refractivity (Wildman–Crippen MR) is 67.6 cm³/mol. The molecule has 86 valence electrons. The zero-order valence-corrected chi connectivity index (χ0v) is 9.95. The van der Waals surface area contributed by atoms with Crippen LogP contribution in [-0.4, -0.2) is 11.1 Å².